The number of nitrogens with two attached hydrogens (primary N) is 1. The van der Waals surface area contributed by atoms with Gasteiger partial charge in [0.05, 0.1) is 5.54 Å². The third-order valence-corrected chi connectivity index (χ3v) is 4.05. The zero-order chi connectivity index (χ0) is 13.2. The molecule has 0 atom stereocenters. The van der Waals surface area contributed by atoms with E-state index in [2.05, 4.69) is 35.8 Å². The minimum atomic E-state index is -0.412. The number of rotatable bonds is 4. The molecule has 0 amide bonds. The minimum absolute atomic E-state index is 0.412. The molecule has 1 saturated carbocycles. The van der Waals surface area contributed by atoms with Gasteiger partial charge >= 0.3 is 0 Å². The fraction of sp³-hybridized carbons (Fsp3) is 0.846. The van der Waals surface area contributed by atoms with E-state index in [0.29, 0.717) is 11.8 Å². The van der Waals surface area contributed by atoms with Crippen molar-refractivity contribution in [2.45, 2.75) is 52.0 Å². The Balaban J connectivity index is 2.14. The lowest BCUT2D eigenvalue weighted by atomic mass is 9.78. The molecule has 2 rings (SSSR count). The summed E-state index contributed by atoms with van der Waals surface area (Å²) in [5.74, 6) is 2.03. The van der Waals surface area contributed by atoms with E-state index >= 15 is 0 Å². The van der Waals surface area contributed by atoms with Crippen LogP contribution in [0.3, 0.4) is 0 Å². The molecule has 5 nitrogen and oxygen atoms in total. The summed E-state index contributed by atoms with van der Waals surface area (Å²) in [7, 11) is 0. The fourth-order valence-electron chi connectivity index (χ4n) is 2.54. The second kappa shape index (κ2) is 5.26. The van der Waals surface area contributed by atoms with Crippen LogP contribution >= 0.6 is 0 Å². The molecule has 0 saturated heterocycles. The number of nitrogens with zero attached hydrogens (tertiary/aromatic N) is 3. The molecule has 1 aliphatic carbocycles. The van der Waals surface area contributed by atoms with Crippen molar-refractivity contribution in [3.63, 3.8) is 0 Å². The van der Waals surface area contributed by atoms with Crippen LogP contribution in [-0.2, 0) is 5.54 Å². The molecule has 0 spiro atoms. The van der Waals surface area contributed by atoms with Crippen LogP contribution in [0.1, 0.15) is 52.3 Å². The Labute approximate surface area is 109 Å². The van der Waals surface area contributed by atoms with Crippen molar-refractivity contribution in [2.75, 3.05) is 18.0 Å². The fourth-order valence-corrected chi connectivity index (χ4v) is 2.54. The van der Waals surface area contributed by atoms with E-state index in [-0.39, 0.29) is 0 Å². The largest absolute Gasteiger partial charge is 0.339 e. The van der Waals surface area contributed by atoms with Gasteiger partial charge in [0.15, 0.2) is 0 Å². The molecule has 0 radical (unpaired) electrons. The van der Waals surface area contributed by atoms with Crippen molar-refractivity contribution >= 4 is 5.95 Å². The molecule has 0 aliphatic heterocycles. The molecule has 18 heavy (non-hydrogen) atoms. The zero-order valence-electron chi connectivity index (χ0n) is 11.6. The van der Waals surface area contributed by atoms with Crippen LogP contribution in [0, 0.1) is 5.92 Å². The van der Waals surface area contributed by atoms with Crippen molar-refractivity contribution in [3.05, 3.63) is 5.89 Å². The SMILES string of the molecule is CCN(CC)c1noc(C2(N)CCC(C)CC2)n1. The van der Waals surface area contributed by atoms with Gasteiger partial charge in [0.25, 0.3) is 5.95 Å². The van der Waals surface area contributed by atoms with E-state index in [1.54, 1.807) is 0 Å². The van der Waals surface area contributed by atoms with Gasteiger partial charge in [0.2, 0.25) is 5.89 Å². The lowest BCUT2D eigenvalue weighted by Crippen LogP contribution is -2.40. The Morgan fingerprint density at radius 2 is 1.94 bits per heavy atom. The molecule has 1 aliphatic rings. The molecule has 0 bridgehead atoms. The monoisotopic (exact) mass is 252 g/mol. The average molecular weight is 252 g/mol. The Kier molecular flexibility index (Phi) is 3.90. The van der Waals surface area contributed by atoms with Gasteiger partial charge in [-0.1, -0.05) is 6.92 Å². The molecule has 5 heteroatoms. The van der Waals surface area contributed by atoms with E-state index < -0.39 is 5.54 Å². The summed E-state index contributed by atoms with van der Waals surface area (Å²) < 4.78 is 5.40. The molecule has 1 fully saturated rings. The third kappa shape index (κ3) is 2.51. The first kappa shape index (κ1) is 13.3. The molecule has 1 aromatic heterocycles. The van der Waals surface area contributed by atoms with E-state index in [1.165, 1.54) is 0 Å². The van der Waals surface area contributed by atoms with Crippen LogP contribution in [-0.4, -0.2) is 23.2 Å². The quantitative estimate of drug-likeness (QED) is 0.890. The minimum Gasteiger partial charge on any atom is -0.339 e. The lowest BCUT2D eigenvalue weighted by Gasteiger charge is -2.32. The highest BCUT2D eigenvalue weighted by Gasteiger charge is 2.37. The highest BCUT2D eigenvalue weighted by molar-refractivity contribution is 5.28. The van der Waals surface area contributed by atoms with Gasteiger partial charge in [-0.2, -0.15) is 4.98 Å². The maximum Gasteiger partial charge on any atom is 0.266 e. The van der Waals surface area contributed by atoms with E-state index in [9.17, 15) is 0 Å². The van der Waals surface area contributed by atoms with Crippen molar-refractivity contribution in [1.82, 2.24) is 10.1 Å². The lowest BCUT2D eigenvalue weighted by molar-refractivity contribution is 0.190. The maximum absolute atomic E-state index is 6.42. The topological polar surface area (TPSA) is 68.2 Å². The van der Waals surface area contributed by atoms with Gasteiger partial charge in [-0.15, -0.1) is 0 Å². The Hall–Kier alpha value is -1.10. The second-order valence-corrected chi connectivity index (χ2v) is 5.41. The van der Waals surface area contributed by atoms with Crippen molar-refractivity contribution < 1.29 is 4.52 Å². The highest BCUT2D eigenvalue weighted by atomic mass is 16.5. The van der Waals surface area contributed by atoms with Crippen molar-refractivity contribution in [3.8, 4) is 0 Å². The van der Waals surface area contributed by atoms with Crippen LogP contribution < -0.4 is 10.6 Å². The van der Waals surface area contributed by atoms with Crippen molar-refractivity contribution in [2.24, 2.45) is 11.7 Å². The Morgan fingerprint density at radius 3 is 2.50 bits per heavy atom. The standard InChI is InChI=1S/C13H24N4O/c1-4-17(5-2)12-15-11(18-16-12)13(14)8-6-10(3)7-9-13/h10H,4-9,14H2,1-3H3. The van der Waals surface area contributed by atoms with Crippen LogP contribution in [0.5, 0.6) is 0 Å². The zero-order valence-corrected chi connectivity index (χ0v) is 11.6. The maximum atomic E-state index is 6.42. The Morgan fingerprint density at radius 1 is 1.33 bits per heavy atom. The number of anilines is 1. The normalized spacial score (nSPS) is 28.3. The van der Waals surface area contributed by atoms with E-state index in [1.807, 2.05) is 0 Å². The van der Waals surface area contributed by atoms with Crippen LogP contribution in [0.15, 0.2) is 4.52 Å². The van der Waals surface area contributed by atoms with Crippen LogP contribution in [0.25, 0.3) is 0 Å². The van der Waals surface area contributed by atoms with Gasteiger partial charge in [-0.05, 0) is 50.6 Å². The first-order valence-electron chi connectivity index (χ1n) is 6.97. The summed E-state index contributed by atoms with van der Waals surface area (Å²) in [5.41, 5.74) is 6.01. The van der Waals surface area contributed by atoms with E-state index in [4.69, 9.17) is 10.3 Å². The first-order chi connectivity index (χ1) is 8.59. The van der Waals surface area contributed by atoms with Gasteiger partial charge in [0, 0.05) is 13.1 Å². The summed E-state index contributed by atoms with van der Waals surface area (Å²) in [5, 5.41) is 4.06. The summed E-state index contributed by atoms with van der Waals surface area (Å²) in [6, 6.07) is 0. The van der Waals surface area contributed by atoms with Crippen LogP contribution in [0.2, 0.25) is 0 Å². The van der Waals surface area contributed by atoms with Gasteiger partial charge in [-0.25, -0.2) is 0 Å². The van der Waals surface area contributed by atoms with E-state index in [0.717, 1.165) is 44.7 Å². The van der Waals surface area contributed by atoms with Gasteiger partial charge in [0.1, 0.15) is 0 Å². The smallest absolute Gasteiger partial charge is 0.266 e. The predicted molar refractivity (Wildman–Crippen MR) is 71.4 cm³/mol. The number of hydrogen-bond donors (Lipinski definition) is 1. The molecule has 1 heterocycles. The molecule has 1 aromatic rings. The second-order valence-electron chi connectivity index (χ2n) is 5.41. The molecule has 0 unspecified atom stereocenters. The highest BCUT2D eigenvalue weighted by Crippen LogP contribution is 2.36. The molecular weight excluding hydrogens is 228 g/mol. The summed E-state index contributed by atoms with van der Waals surface area (Å²) >= 11 is 0. The molecule has 102 valence electrons. The third-order valence-electron chi connectivity index (χ3n) is 4.05. The molecule has 2 N–H and O–H groups in total. The predicted octanol–water partition coefficient (Wildman–Crippen LogP) is 2.28. The van der Waals surface area contributed by atoms with Crippen molar-refractivity contribution in [1.29, 1.82) is 0 Å². The van der Waals surface area contributed by atoms with Gasteiger partial charge in [-0.3, -0.25) is 0 Å². The summed E-state index contributed by atoms with van der Waals surface area (Å²) in [6.45, 7) is 8.20. The summed E-state index contributed by atoms with van der Waals surface area (Å²) in [6.07, 6.45) is 4.15. The molecular formula is C13H24N4O. The number of hydrogen-bond acceptors (Lipinski definition) is 5. The van der Waals surface area contributed by atoms with Gasteiger partial charge < -0.3 is 15.2 Å². The first-order valence-corrected chi connectivity index (χ1v) is 6.97. The van der Waals surface area contributed by atoms with Crippen LogP contribution in [0.4, 0.5) is 5.95 Å². The average Bonchev–Trinajstić information content (AvgIpc) is 2.85. The summed E-state index contributed by atoms with van der Waals surface area (Å²) in [4.78, 5) is 6.57. The number of aromatic nitrogens is 2. The molecule has 0 aromatic carbocycles. The Bertz CT molecular complexity index is 378.